The van der Waals surface area contributed by atoms with Gasteiger partial charge in [-0.2, -0.15) is 0 Å². The summed E-state index contributed by atoms with van der Waals surface area (Å²) in [5, 5.41) is 17.4. The molecule has 4 N–H and O–H groups in total. The van der Waals surface area contributed by atoms with Crippen LogP contribution in [0.1, 0.15) is 30.0 Å². The SMILES string of the molecule is O=C(O)C[C@H](NC(=O)[C@@H]1CC(=O)N(c2cccc(NC(=O)NCc3ccccc3)c2)C1)c1cccc(F)c1. The molecular formula is C28H27FN4O5. The van der Waals surface area contributed by atoms with Gasteiger partial charge in [-0.15, -0.1) is 0 Å². The third-order valence-corrected chi connectivity index (χ3v) is 6.15. The van der Waals surface area contributed by atoms with Crippen molar-refractivity contribution in [2.24, 2.45) is 5.92 Å². The number of hydrogen-bond acceptors (Lipinski definition) is 4. The monoisotopic (exact) mass is 518 g/mol. The molecule has 0 unspecified atom stereocenters. The second kappa shape index (κ2) is 12.0. The molecule has 9 nitrogen and oxygen atoms in total. The van der Waals surface area contributed by atoms with Crippen LogP contribution in [0, 0.1) is 11.7 Å². The fourth-order valence-electron chi connectivity index (χ4n) is 4.28. The Kier molecular flexibility index (Phi) is 8.32. The smallest absolute Gasteiger partial charge is 0.319 e. The van der Waals surface area contributed by atoms with E-state index in [1.807, 2.05) is 30.3 Å². The largest absolute Gasteiger partial charge is 0.481 e. The van der Waals surface area contributed by atoms with Crippen LogP contribution >= 0.6 is 0 Å². The maximum Gasteiger partial charge on any atom is 0.319 e. The number of hydrogen-bond donors (Lipinski definition) is 4. The van der Waals surface area contributed by atoms with Crippen molar-refractivity contribution in [3.8, 4) is 0 Å². The lowest BCUT2D eigenvalue weighted by Crippen LogP contribution is -2.36. The summed E-state index contributed by atoms with van der Waals surface area (Å²) in [6, 6.07) is 20.2. The highest BCUT2D eigenvalue weighted by Gasteiger charge is 2.36. The second-order valence-corrected chi connectivity index (χ2v) is 8.96. The zero-order valence-electron chi connectivity index (χ0n) is 20.4. The Morgan fingerprint density at radius 3 is 2.50 bits per heavy atom. The van der Waals surface area contributed by atoms with E-state index in [4.69, 9.17) is 0 Å². The first-order valence-electron chi connectivity index (χ1n) is 12.1. The molecule has 0 spiro atoms. The van der Waals surface area contributed by atoms with Gasteiger partial charge in [-0.1, -0.05) is 48.5 Å². The lowest BCUT2D eigenvalue weighted by Gasteiger charge is -2.21. The molecule has 0 radical (unpaired) electrons. The average molecular weight is 519 g/mol. The van der Waals surface area contributed by atoms with Crippen molar-refractivity contribution in [3.63, 3.8) is 0 Å². The third kappa shape index (κ3) is 6.94. The number of aliphatic carboxylic acids is 1. The van der Waals surface area contributed by atoms with E-state index in [1.54, 1.807) is 24.3 Å². The van der Waals surface area contributed by atoms with E-state index in [-0.39, 0.29) is 18.9 Å². The third-order valence-electron chi connectivity index (χ3n) is 6.15. The first-order chi connectivity index (χ1) is 18.3. The van der Waals surface area contributed by atoms with E-state index in [9.17, 15) is 28.7 Å². The minimum atomic E-state index is -1.15. The van der Waals surface area contributed by atoms with Crippen molar-refractivity contribution in [3.05, 3.63) is 95.8 Å². The molecule has 3 aromatic carbocycles. The van der Waals surface area contributed by atoms with Gasteiger partial charge in [0.15, 0.2) is 0 Å². The fraction of sp³-hybridized carbons (Fsp3) is 0.214. The van der Waals surface area contributed by atoms with Crippen LogP contribution in [-0.4, -0.2) is 35.5 Å². The molecule has 10 heteroatoms. The molecule has 196 valence electrons. The number of amides is 4. The molecule has 1 saturated heterocycles. The van der Waals surface area contributed by atoms with Gasteiger partial charge in [0, 0.05) is 30.9 Å². The molecule has 1 aliphatic heterocycles. The van der Waals surface area contributed by atoms with Crippen molar-refractivity contribution in [1.82, 2.24) is 10.6 Å². The van der Waals surface area contributed by atoms with Gasteiger partial charge in [-0.25, -0.2) is 9.18 Å². The molecule has 3 aromatic rings. The van der Waals surface area contributed by atoms with Crippen LogP contribution in [0.15, 0.2) is 78.9 Å². The molecule has 38 heavy (non-hydrogen) atoms. The Balaban J connectivity index is 1.38. The van der Waals surface area contributed by atoms with Gasteiger partial charge in [-0.05, 0) is 41.5 Å². The van der Waals surface area contributed by atoms with Crippen LogP contribution in [0.5, 0.6) is 0 Å². The Morgan fingerprint density at radius 2 is 1.76 bits per heavy atom. The predicted octanol–water partition coefficient (Wildman–Crippen LogP) is 3.83. The number of carbonyl (C=O) groups excluding carboxylic acids is 3. The summed E-state index contributed by atoms with van der Waals surface area (Å²) < 4.78 is 13.7. The minimum Gasteiger partial charge on any atom is -0.481 e. The molecular weight excluding hydrogens is 491 g/mol. The minimum absolute atomic E-state index is 0.0655. The molecule has 4 rings (SSSR count). The molecule has 0 aliphatic carbocycles. The van der Waals surface area contributed by atoms with E-state index in [0.29, 0.717) is 23.5 Å². The predicted molar refractivity (Wildman–Crippen MR) is 139 cm³/mol. The van der Waals surface area contributed by atoms with Crippen LogP contribution in [0.25, 0.3) is 0 Å². The molecule has 1 heterocycles. The van der Waals surface area contributed by atoms with Crippen LogP contribution in [0.3, 0.4) is 0 Å². The lowest BCUT2D eigenvalue weighted by molar-refractivity contribution is -0.138. The molecule has 1 fully saturated rings. The van der Waals surface area contributed by atoms with Crippen molar-refractivity contribution in [2.75, 3.05) is 16.8 Å². The summed E-state index contributed by atoms with van der Waals surface area (Å²) in [6.07, 6.45) is -0.496. The zero-order chi connectivity index (χ0) is 27.1. The Hall–Kier alpha value is -4.73. The quantitative estimate of drug-likeness (QED) is 0.342. The summed E-state index contributed by atoms with van der Waals surface area (Å²) >= 11 is 0. The summed E-state index contributed by atoms with van der Waals surface area (Å²) in [4.78, 5) is 50.9. The number of anilines is 2. The van der Waals surface area contributed by atoms with Crippen LogP contribution in [0.4, 0.5) is 20.6 Å². The molecule has 4 amide bonds. The van der Waals surface area contributed by atoms with Gasteiger partial charge in [0.1, 0.15) is 5.82 Å². The molecule has 1 aliphatic rings. The van der Waals surface area contributed by atoms with Crippen LogP contribution < -0.4 is 20.9 Å². The summed E-state index contributed by atoms with van der Waals surface area (Å²) in [5.74, 6) is -3.20. The topological polar surface area (TPSA) is 128 Å². The van der Waals surface area contributed by atoms with E-state index in [1.165, 1.54) is 29.2 Å². The highest BCUT2D eigenvalue weighted by Crippen LogP contribution is 2.28. The number of carbonyl (C=O) groups is 4. The number of halogens is 1. The van der Waals surface area contributed by atoms with Crippen molar-refractivity contribution < 1.29 is 28.7 Å². The van der Waals surface area contributed by atoms with Gasteiger partial charge < -0.3 is 26.0 Å². The Morgan fingerprint density at radius 1 is 1.00 bits per heavy atom. The maximum atomic E-state index is 13.7. The van der Waals surface area contributed by atoms with E-state index < -0.39 is 42.1 Å². The van der Waals surface area contributed by atoms with Crippen LogP contribution in [-0.2, 0) is 20.9 Å². The van der Waals surface area contributed by atoms with Gasteiger partial charge in [0.2, 0.25) is 11.8 Å². The molecule has 2 atom stereocenters. The normalized spacial score (nSPS) is 15.6. The lowest BCUT2D eigenvalue weighted by atomic mass is 10.0. The average Bonchev–Trinajstić information content (AvgIpc) is 3.29. The number of carboxylic acid groups (broad SMARTS) is 1. The Bertz CT molecular complexity index is 1330. The summed E-state index contributed by atoms with van der Waals surface area (Å²) in [5.41, 5.74) is 2.26. The van der Waals surface area contributed by atoms with E-state index >= 15 is 0 Å². The van der Waals surface area contributed by atoms with E-state index in [2.05, 4.69) is 16.0 Å². The molecule has 0 saturated carbocycles. The van der Waals surface area contributed by atoms with Crippen LogP contribution in [0.2, 0.25) is 0 Å². The summed E-state index contributed by atoms with van der Waals surface area (Å²) in [6.45, 7) is 0.434. The first kappa shape index (κ1) is 26.3. The standard InChI is InChI=1S/C28H27FN4O5/c29-21-9-4-8-19(12-21)24(15-26(35)36)32-27(37)20-13-25(34)33(17-20)23-11-5-10-22(14-23)31-28(38)30-16-18-6-2-1-3-7-18/h1-12,14,20,24H,13,15-17H2,(H,32,37)(H,35,36)(H2,30,31,38)/t20-,24+/m1/s1. The number of rotatable bonds is 9. The van der Waals surface area contributed by atoms with Gasteiger partial charge in [0.25, 0.3) is 0 Å². The van der Waals surface area contributed by atoms with Crippen molar-refractivity contribution in [2.45, 2.75) is 25.4 Å². The van der Waals surface area contributed by atoms with Crippen molar-refractivity contribution in [1.29, 1.82) is 0 Å². The summed E-state index contributed by atoms with van der Waals surface area (Å²) in [7, 11) is 0. The number of carboxylic acids is 1. The molecule has 0 aromatic heterocycles. The second-order valence-electron chi connectivity index (χ2n) is 8.96. The number of urea groups is 1. The maximum absolute atomic E-state index is 13.7. The van der Waals surface area contributed by atoms with E-state index in [0.717, 1.165) is 5.56 Å². The first-order valence-corrected chi connectivity index (χ1v) is 12.1. The molecule has 0 bridgehead atoms. The number of nitrogens with zero attached hydrogens (tertiary/aromatic N) is 1. The van der Waals surface area contributed by atoms with Gasteiger partial charge in [0.05, 0.1) is 18.4 Å². The number of nitrogens with one attached hydrogen (secondary N) is 3. The van der Waals surface area contributed by atoms with Gasteiger partial charge >= 0.3 is 12.0 Å². The highest BCUT2D eigenvalue weighted by molar-refractivity contribution is 6.01. The number of benzene rings is 3. The zero-order valence-corrected chi connectivity index (χ0v) is 20.4. The fourth-order valence-corrected chi connectivity index (χ4v) is 4.28. The van der Waals surface area contributed by atoms with Crippen molar-refractivity contribution >= 4 is 35.2 Å². The highest BCUT2D eigenvalue weighted by atomic mass is 19.1. The Labute approximate surface area is 218 Å². The van der Waals surface area contributed by atoms with Gasteiger partial charge in [-0.3, -0.25) is 14.4 Å².